The van der Waals surface area contributed by atoms with Gasteiger partial charge >= 0.3 is 0 Å². The van der Waals surface area contributed by atoms with Gasteiger partial charge in [-0.25, -0.2) is 0 Å². The summed E-state index contributed by atoms with van der Waals surface area (Å²) in [5.41, 5.74) is 5.44. The fraction of sp³-hybridized carbons (Fsp3) is 0.240. The van der Waals surface area contributed by atoms with Crippen LogP contribution in [0.25, 0.3) is 0 Å². The van der Waals surface area contributed by atoms with Gasteiger partial charge in [0.25, 0.3) is 0 Å². The summed E-state index contributed by atoms with van der Waals surface area (Å²) in [4.78, 5) is 13.5. The lowest BCUT2D eigenvalue weighted by molar-refractivity contribution is 0.0860. The standard InChI is InChI=1S/C25H22O2/c26-24-22-11-10-21(27-17-18-6-2-1-3-7-18)16-20(22)13-15-25(24)14-12-19-8-4-5-9-23(19)25/h1-11,16H,12-15,17H2. The zero-order valence-electron chi connectivity index (χ0n) is 15.3. The van der Waals surface area contributed by atoms with Crippen LogP contribution in [0.1, 0.15) is 45.5 Å². The molecule has 134 valence electrons. The molecule has 5 rings (SSSR count). The first kappa shape index (κ1) is 16.3. The van der Waals surface area contributed by atoms with Crippen LogP contribution in [0.4, 0.5) is 0 Å². The molecule has 1 atom stereocenters. The molecule has 2 aliphatic carbocycles. The van der Waals surface area contributed by atoms with E-state index in [0.717, 1.165) is 48.1 Å². The van der Waals surface area contributed by atoms with E-state index in [2.05, 4.69) is 42.5 Å². The minimum atomic E-state index is -0.310. The van der Waals surface area contributed by atoms with Crippen LogP contribution in [-0.2, 0) is 24.9 Å². The van der Waals surface area contributed by atoms with Crippen LogP contribution >= 0.6 is 0 Å². The number of carbonyl (C=O) groups is 1. The molecular weight excluding hydrogens is 332 g/mol. The molecule has 0 fully saturated rings. The molecule has 1 unspecified atom stereocenters. The molecule has 0 aromatic heterocycles. The number of fused-ring (bicyclic) bond motifs is 3. The molecule has 0 saturated heterocycles. The predicted octanol–water partition coefficient (Wildman–Crippen LogP) is 5.28. The van der Waals surface area contributed by atoms with Crippen LogP contribution in [-0.4, -0.2) is 5.78 Å². The third-order valence-corrected chi connectivity index (χ3v) is 6.18. The molecule has 0 saturated carbocycles. The van der Waals surface area contributed by atoms with Crippen molar-refractivity contribution in [1.29, 1.82) is 0 Å². The third-order valence-electron chi connectivity index (χ3n) is 6.18. The Balaban J connectivity index is 1.41. The normalized spacial score (nSPS) is 20.4. The van der Waals surface area contributed by atoms with Gasteiger partial charge in [-0.05, 0) is 66.1 Å². The van der Waals surface area contributed by atoms with E-state index in [1.54, 1.807) is 0 Å². The molecule has 2 nitrogen and oxygen atoms in total. The van der Waals surface area contributed by atoms with Gasteiger partial charge in [-0.3, -0.25) is 4.79 Å². The van der Waals surface area contributed by atoms with Crippen LogP contribution in [0.3, 0.4) is 0 Å². The van der Waals surface area contributed by atoms with Crippen molar-refractivity contribution in [2.45, 2.75) is 37.7 Å². The van der Waals surface area contributed by atoms with Crippen molar-refractivity contribution in [1.82, 2.24) is 0 Å². The Hall–Kier alpha value is -2.87. The summed E-state index contributed by atoms with van der Waals surface area (Å²) in [5, 5.41) is 0. The monoisotopic (exact) mass is 354 g/mol. The lowest BCUT2D eigenvalue weighted by atomic mass is 9.67. The summed E-state index contributed by atoms with van der Waals surface area (Å²) in [7, 11) is 0. The largest absolute Gasteiger partial charge is 0.489 e. The Morgan fingerprint density at radius 1 is 0.815 bits per heavy atom. The number of aryl methyl sites for hydroxylation is 2. The second-order valence-electron chi connectivity index (χ2n) is 7.66. The topological polar surface area (TPSA) is 26.3 Å². The van der Waals surface area contributed by atoms with E-state index < -0.39 is 0 Å². The Morgan fingerprint density at radius 2 is 1.56 bits per heavy atom. The number of ether oxygens (including phenoxy) is 1. The second kappa shape index (κ2) is 6.38. The van der Waals surface area contributed by atoms with Crippen molar-refractivity contribution in [3.63, 3.8) is 0 Å². The molecule has 27 heavy (non-hydrogen) atoms. The van der Waals surface area contributed by atoms with Gasteiger partial charge in [0.15, 0.2) is 5.78 Å². The number of hydrogen-bond acceptors (Lipinski definition) is 2. The fourth-order valence-electron chi connectivity index (χ4n) is 4.73. The number of hydrogen-bond donors (Lipinski definition) is 0. The highest BCUT2D eigenvalue weighted by atomic mass is 16.5. The first-order chi connectivity index (χ1) is 13.3. The molecule has 0 radical (unpaired) electrons. The highest BCUT2D eigenvalue weighted by molar-refractivity contribution is 6.07. The maximum atomic E-state index is 13.5. The highest BCUT2D eigenvalue weighted by Crippen LogP contribution is 2.47. The third kappa shape index (κ3) is 2.68. The Labute approximate surface area is 159 Å². The van der Waals surface area contributed by atoms with E-state index in [0.29, 0.717) is 12.4 Å². The minimum Gasteiger partial charge on any atom is -0.489 e. The van der Waals surface area contributed by atoms with Crippen LogP contribution in [0.5, 0.6) is 5.75 Å². The van der Waals surface area contributed by atoms with Gasteiger partial charge in [-0.2, -0.15) is 0 Å². The number of benzene rings is 3. The average molecular weight is 354 g/mol. The SMILES string of the molecule is O=C1c2ccc(OCc3ccccc3)cc2CCC12CCc1ccccc12. The highest BCUT2D eigenvalue weighted by Gasteiger charge is 2.47. The lowest BCUT2D eigenvalue weighted by Gasteiger charge is -2.34. The van der Waals surface area contributed by atoms with Crippen LogP contribution in [0.2, 0.25) is 0 Å². The summed E-state index contributed by atoms with van der Waals surface area (Å²) in [6.45, 7) is 0.547. The zero-order chi connectivity index (χ0) is 18.3. The van der Waals surface area contributed by atoms with Crippen LogP contribution in [0, 0.1) is 0 Å². The van der Waals surface area contributed by atoms with Gasteiger partial charge in [0.2, 0.25) is 0 Å². The van der Waals surface area contributed by atoms with Crippen LogP contribution < -0.4 is 4.74 Å². The Morgan fingerprint density at radius 3 is 2.41 bits per heavy atom. The van der Waals surface area contributed by atoms with Gasteiger partial charge in [-0.1, -0.05) is 54.6 Å². The van der Waals surface area contributed by atoms with Crippen molar-refractivity contribution in [2.24, 2.45) is 0 Å². The Kier molecular flexibility index (Phi) is 3.86. The van der Waals surface area contributed by atoms with Crippen molar-refractivity contribution in [2.75, 3.05) is 0 Å². The van der Waals surface area contributed by atoms with E-state index in [1.807, 2.05) is 30.3 Å². The fourth-order valence-corrected chi connectivity index (χ4v) is 4.73. The summed E-state index contributed by atoms with van der Waals surface area (Å²) in [6, 6.07) is 24.6. The molecule has 0 bridgehead atoms. The summed E-state index contributed by atoms with van der Waals surface area (Å²) in [5.74, 6) is 1.14. The Bertz CT molecular complexity index is 1010. The molecule has 2 aliphatic rings. The molecule has 0 aliphatic heterocycles. The van der Waals surface area contributed by atoms with Gasteiger partial charge in [0.05, 0.1) is 5.41 Å². The molecule has 0 N–H and O–H groups in total. The average Bonchev–Trinajstić information content (AvgIpc) is 3.10. The van der Waals surface area contributed by atoms with E-state index in [1.165, 1.54) is 11.1 Å². The van der Waals surface area contributed by atoms with E-state index in [4.69, 9.17) is 4.74 Å². The molecule has 3 aromatic rings. The number of rotatable bonds is 3. The number of carbonyl (C=O) groups excluding carboxylic acids is 1. The second-order valence-corrected chi connectivity index (χ2v) is 7.66. The van der Waals surface area contributed by atoms with Gasteiger partial charge in [0.1, 0.15) is 12.4 Å². The lowest BCUT2D eigenvalue weighted by Crippen LogP contribution is -2.38. The first-order valence-corrected chi connectivity index (χ1v) is 9.69. The van der Waals surface area contributed by atoms with E-state index >= 15 is 0 Å². The first-order valence-electron chi connectivity index (χ1n) is 9.69. The van der Waals surface area contributed by atoms with E-state index in [9.17, 15) is 4.79 Å². The summed E-state index contributed by atoms with van der Waals surface area (Å²) < 4.78 is 5.96. The quantitative estimate of drug-likeness (QED) is 0.640. The molecule has 3 aromatic carbocycles. The van der Waals surface area contributed by atoms with Crippen molar-refractivity contribution < 1.29 is 9.53 Å². The summed E-state index contributed by atoms with van der Waals surface area (Å²) in [6.07, 6.45) is 3.78. The molecule has 1 spiro atoms. The van der Waals surface area contributed by atoms with Crippen molar-refractivity contribution in [3.05, 3.63) is 101 Å². The smallest absolute Gasteiger partial charge is 0.173 e. The molecule has 0 heterocycles. The number of ketones is 1. The number of Topliss-reactive ketones (excluding diaryl/α,β-unsaturated/α-hetero) is 1. The van der Waals surface area contributed by atoms with Gasteiger partial charge < -0.3 is 4.74 Å². The molecular formula is C25H22O2. The summed E-state index contributed by atoms with van der Waals surface area (Å²) >= 11 is 0. The molecule has 0 amide bonds. The minimum absolute atomic E-state index is 0.295. The maximum Gasteiger partial charge on any atom is 0.173 e. The van der Waals surface area contributed by atoms with E-state index in [-0.39, 0.29) is 5.41 Å². The van der Waals surface area contributed by atoms with Gasteiger partial charge in [0, 0.05) is 5.56 Å². The van der Waals surface area contributed by atoms with Gasteiger partial charge in [-0.15, -0.1) is 0 Å². The maximum absolute atomic E-state index is 13.5. The van der Waals surface area contributed by atoms with Crippen molar-refractivity contribution >= 4 is 5.78 Å². The zero-order valence-corrected chi connectivity index (χ0v) is 15.3. The van der Waals surface area contributed by atoms with Crippen molar-refractivity contribution in [3.8, 4) is 5.75 Å². The predicted molar refractivity (Wildman–Crippen MR) is 106 cm³/mol. The molecule has 2 heteroatoms. The van der Waals surface area contributed by atoms with Crippen LogP contribution in [0.15, 0.2) is 72.8 Å².